The number of hydrogen-bond donors (Lipinski definition) is 2. The number of aliphatic hydroxyl groups is 1. The Bertz CT molecular complexity index is 933. The number of amides is 3. The largest absolute Gasteiger partial charge is 0.490 e. The van der Waals surface area contributed by atoms with Crippen LogP contribution in [-0.2, 0) is 14.3 Å². The van der Waals surface area contributed by atoms with Crippen molar-refractivity contribution in [3.8, 4) is 11.5 Å². The molecule has 2 aliphatic heterocycles. The Morgan fingerprint density at radius 2 is 1.91 bits per heavy atom. The summed E-state index contributed by atoms with van der Waals surface area (Å²) in [5.74, 6) is 0.575. The molecule has 3 rings (SSSR count). The van der Waals surface area contributed by atoms with Crippen LogP contribution in [0.2, 0.25) is 0 Å². The predicted octanol–water partition coefficient (Wildman–Crippen LogP) is 2.30. The molecule has 0 saturated carbocycles. The van der Waals surface area contributed by atoms with Crippen molar-refractivity contribution in [2.45, 2.75) is 57.8 Å². The van der Waals surface area contributed by atoms with Gasteiger partial charge in [-0.1, -0.05) is 0 Å². The first-order chi connectivity index (χ1) is 16.3. The molecule has 11 heteroatoms. The average Bonchev–Trinajstić information content (AvgIpc) is 2.87. The van der Waals surface area contributed by atoms with Gasteiger partial charge in [0.05, 0.1) is 11.3 Å². The molecule has 1 fully saturated rings. The van der Waals surface area contributed by atoms with E-state index in [1.165, 1.54) is 4.90 Å². The van der Waals surface area contributed by atoms with Crippen molar-refractivity contribution in [1.82, 2.24) is 10.2 Å². The maximum Gasteiger partial charge on any atom is 0.409 e. The number of nitrogens with zero attached hydrogens (tertiary/aromatic N) is 2. The number of benzene rings is 1. The molecule has 194 valence electrons. The molecule has 1 saturated heterocycles. The van der Waals surface area contributed by atoms with E-state index in [0.29, 0.717) is 43.1 Å². The number of carbonyl (C=O) groups is 3. The Balaban J connectivity index is 1.51. The van der Waals surface area contributed by atoms with Crippen molar-refractivity contribution >= 4 is 23.8 Å². The van der Waals surface area contributed by atoms with Gasteiger partial charge in [-0.2, -0.15) is 0 Å². The third-order valence-corrected chi connectivity index (χ3v) is 5.69. The number of piperidine rings is 1. The van der Waals surface area contributed by atoms with Gasteiger partial charge in [-0.15, -0.1) is 0 Å². The standard InChI is InChI=1S/C24H35N3O8/c1-23(2,3)35-21(29)25-17-15-34-19-7-6-16(14-18(19)26(5)20(17)28)32-12-13-33-22(30)27-10-8-24(4,31)9-11-27/h6-7,14,17,31H,8-13,15H2,1-5H3,(H,25,29)/t17-/m0/s1. The SMILES string of the molecule is CN1C(=O)[C@@H](NC(=O)OC(C)(C)C)COc2ccc(OCCOC(=O)N3CCC(C)(O)CC3)cc21. The molecule has 0 spiro atoms. The Hall–Kier alpha value is -3.21. The highest BCUT2D eigenvalue weighted by molar-refractivity contribution is 6.00. The quantitative estimate of drug-likeness (QED) is 0.599. The van der Waals surface area contributed by atoms with Crippen LogP contribution in [0.15, 0.2) is 18.2 Å². The summed E-state index contributed by atoms with van der Waals surface area (Å²) in [5.41, 5.74) is -0.948. The molecule has 35 heavy (non-hydrogen) atoms. The van der Waals surface area contributed by atoms with Crippen LogP contribution in [-0.4, -0.2) is 85.3 Å². The summed E-state index contributed by atoms with van der Waals surface area (Å²) in [6.45, 7) is 8.00. The van der Waals surface area contributed by atoms with Gasteiger partial charge in [0.25, 0.3) is 5.91 Å². The van der Waals surface area contributed by atoms with Crippen molar-refractivity contribution in [1.29, 1.82) is 0 Å². The maximum absolute atomic E-state index is 12.9. The zero-order valence-electron chi connectivity index (χ0n) is 21.0. The monoisotopic (exact) mass is 493 g/mol. The zero-order valence-corrected chi connectivity index (χ0v) is 21.0. The lowest BCUT2D eigenvalue weighted by Crippen LogP contribution is -2.50. The number of likely N-dealkylation sites (tertiary alicyclic amines) is 1. The minimum absolute atomic E-state index is 0.0441. The molecule has 1 aromatic rings. The molecule has 0 bridgehead atoms. The van der Waals surface area contributed by atoms with E-state index in [4.69, 9.17) is 18.9 Å². The number of anilines is 1. The highest BCUT2D eigenvalue weighted by Crippen LogP contribution is 2.34. The topological polar surface area (TPSA) is 127 Å². The second kappa shape index (κ2) is 10.6. The number of ether oxygens (including phenoxy) is 4. The second-order valence-electron chi connectivity index (χ2n) is 9.98. The predicted molar refractivity (Wildman–Crippen MR) is 127 cm³/mol. The van der Waals surface area contributed by atoms with E-state index in [1.54, 1.807) is 57.8 Å². The van der Waals surface area contributed by atoms with Gasteiger partial charge in [0.15, 0.2) is 0 Å². The van der Waals surface area contributed by atoms with Gasteiger partial charge < -0.3 is 39.2 Å². The van der Waals surface area contributed by atoms with E-state index in [-0.39, 0.29) is 25.7 Å². The molecule has 3 amide bonds. The molecular formula is C24H35N3O8. The first-order valence-corrected chi connectivity index (χ1v) is 11.7. The Kier molecular flexibility index (Phi) is 7.99. The van der Waals surface area contributed by atoms with Crippen molar-refractivity contribution in [2.24, 2.45) is 0 Å². The molecular weight excluding hydrogens is 458 g/mol. The fourth-order valence-electron chi connectivity index (χ4n) is 3.67. The smallest absolute Gasteiger partial charge is 0.409 e. The minimum Gasteiger partial charge on any atom is -0.490 e. The van der Waals surface area contributed by atoms with Crippen molar-refractivity contribution in [3.05, 3.63) is 18.2 Å². The van der Waals surface area contributed by atoms with Crippen LogP contribution in [0.5, 0.6) is 11.5 Å². The van der Waals surface area contributed by atoms with Crippen LogP contribution >= 0.6 is 0 Å². The Morgan fingerprint density at radius 3 is 2.57 bits per heavy atom. The fraction of sp³-hybridized carbons (Fsp3) is 0.625. The van der Waals surface area contributed by atoms with E-state index in [1.807, 2.05) is 0 Å². The van der Waals surface area contributed by atoms with E-state index in [2.05, 4.69) is 5.32 Å². The van der Waals surface area contributed by atoms with Gasteiger partial charge in [-0.05, 0) is 52.7 Å². The van der Waals surface area contributed by atoms with E-state index >= 15 is 0 Å². The van der Waals surface area contributed by atoms with Gasteiger partial charge in [-0.3, -0.25) is 4.79 Å². The Labute approximate surface area is 205 Å². The van der Waals surface area contributed by atoms with Gasteiger partial charge >= 0.3 is 12.2 Å². The molecule has 0 aromatic heterocycles. The molecule has 0 unspecified atom stereocenters. The van der Waals surface area contributed by atoms with E-state index in [0.717, 1.165) is 0 Å². The first kappa shape index (κ1) is 26.4. The molecule has 1 atom stereocenters. The summed E-state index contributed by atoms with van der Waals surface area (Å²) in [7, 11) is 1.58. The van der Waals surface area contributed by atoms with Crippen LogP contribution in [0.4, 0.5) is 15.3 Å². The van der Waals surface area contributed by atoms with Gasteiger partial charge in [0.1, 0.15) is 43.0 Å². The number of hydrogen-bond acceptors (Lipinski definition) is 8. The lowest BCUT2D eigenvalue weighted by molar-refractivity contribution is -0.120. The number of rotatable bonds is 5. The first-order valence-electron chi connectivity index (χ1n) is 11.7. The third-order valence-electron chi connectivity index (χ3n) is 5.69. The number of likely N-dealkylation sites (N-methyl/N-ethyl adjacent to an activating group) is 1. The van der Waals surface area contributed by atoms with Crippen LogP contribution in [0.3, 0.4) is 0 Å². The maximum atomic E-state index is 12.9. The van der Waals surface area contributed by atoms with Crippen LogP contribution in [0.25, 0.3) is 0 Å². The van der Waals surface area contributed by atoms with Crippen LogP contribution < -0.4 is 19.7 Å². The normalized spacial score (nSPS) is 19.7. The molecule has 2 aliphatic rings. The lowest BCUT2D eigenvalue weighted by atomic mass is 9.94. The van der Waals surface area contributed by atoms with E-state index < -0.39 is 29.4 Å². The lowest BCUT2D eigenvalue weighted by Gasteiger charge is -2.35. The number of fused-ring (bicyclic) bond motifs is 1. The summed E-state index contributed by atoms with van der Waals surface area (Å²) >= 11 is 0. The number of nitrogens with one attached hydrogen (secondary N) is 1. The third kappa shape index (κ3) is 7.38. The van der Waals surface area contributed by atoms with Gasteiger partial charge in [-0.25, -0.2) is 9.59 Å². The van der Waals surface area contributed by atoms with Crippen LogP contribution in [0, 0.1) is 0 Å². The average molecular weight is 494 g/mol. The summed E-state index contributed by atoms with van der Waals surface area (Å²) in [5, 5.41) is 12.5. The van der Waals surface area contributed by atoms with Crippen molar-refractivity contribution < 1.29 is 38.4 Å². The molecule has 11 nitrogen and oxygen atoms in total. The molecule has 0 radical (unpaired) electrons. The van der Waals surface area contributed by atoms with Crippen LogP contribution in [0.1, 0.15) is 40.5 Å². The summed E-state index contributed by atoms with van der Waals surface area (Å²) in [4.78, 5) is 40.2. The number of alkyl carbamates (subject to hydrolysis) is 1. The fourth-order valence-corrected chi connectivity index (χ4v) is 3.67. The highest BCUT2D eigenvalue weighted by atomic mass is 16.6. The summed E-state index contributed by atoms with van der Waals surface area (Å²) < 4.78 is 21.9. The minimum atomic E-state index is -0.912. The van der Waals surface area contributed by atoms with Gasteiger partial charge in [0, 0.05) is 26.2 Å². The second-order valence-corrected chi connectivity index (χ2v) is 9.98. The van der Waals surface area contributed by atoms with Gasteiger partial charge in [0.2, 0.25) is 0 Å². The van der Waals surface area contributed by atoms with Crippen molar-refractivity contribution in [2.75, 3.05) is 44.9 Å². The molecule has 2 heterocycles. The molecule has 2 N–H and O–H groups in total. The number of carbonyl (C=O) groups excluding carboxylic acids is 3. The molecule has 1 aromatic carbocycles. The van der Waals surface area contributed by atoms with E-state index in [9.17, 15) is 19.5 Å². The summed E-state index contributed by atoms with van der Waals surface area (Å²) in [6.07, 6.45) is -0.118. The summed E-state index contributed by atoms with van der Waals surface area (Å²) in [6, 6.07) is 4.10. The highest BCUT2D eigenvalue weighted by Gasteiger charge is 2.32. The zero-order chi connectivity index (χ0) is 25.8. The molecule has 0 aliphatic carbocycles. The Morgan fingerprint density at radius 1 is 1.23 bits per heavy atom. The van der Waals surface area contributed by atoms with Crippen molar-refractivity contribution in [3.63, 3.8) is 0 Å².